The van der Waals surface area contributed by atoms with Gasteiger partial charge in [-0.15, -0.1) is 0 Å². The Morgan fingerprint density at radius 1 is 1.08 bits per heavy atom. The summed E-state index contributed by atoms with van der Waals surface area (Å²) in [4.78, 5) is 9.21. The molecule has 5 nitrogen and oxygen atoms in total. The number of anilines is 1. The second kappa shape index (κ2) is 7.53. The molecule has 2 aromatic rings. The Labute approximate surface area is 143 Å². The zero-order valence-corrected chi connectivity index (χ0v) is 14.6. The number of hydrogen-bond donors (Lipinski definition) is 0. The Balaban J connectivity index is 1.64. The summed E-state index contributed by atoms with van der Waals surface area (Å²) in [7, 11) is 3.37. The highest BCUT2D eigenvalue weighted by atomic mass is 16.5. The molecule has 5 heteroatoms. The fraction of sp³-hybridized carbons (Fsp3) is 0.421. The Morgan fingerprint density at radius 2 is 1.88 bits per heavy atom. The first-order valence-corrected chi connectivity index (χ1v) is 8.32. The molecule has 1 fully saturated rings. The highest BCUT2D eigenvalue weighted by Crippen LogP contribution is 2.24. The molecule has 0 amide bonds. The number of methoxy groups -OCH3 is 2. The van der Waals surface area contributed by atoms with Gasteiger partial charge >= 0.3 is 0 Å². The summed E-state index contributed by atoms with van der Waals surface area (Å²) in [5.41, 5.74) is 2.39. The van der Waals surface area contributed by atoms with Crippen molar-refractivity contribution in [2.75, 3.05) is 38.8 Å². The largest absolute Gasteiger partial charge is 0.497 e. The second-order valence-corrected chi connectivity index (χ2v) is 6.14. The lowest BCUT2D eigenvalue weighted by molar-refractivity contribution is 0.178. The van der Waals surface area contributed by atoms with Crippen LogP contribution in [0.25, 0.3) is 0 Å². The van der Waals surface area contributed by atoms with Crippen LogP contribution in [0, 0.1) is 0 Å². The second-order valence-electron chi connectivity index (χ2n) is 6.14. The normalized spacial score (nSPS) is 18.5. The van der Waals surface area contributed by atoms with Gasteiger partial charge in [0, 0.05) is 49.7 Å². The van der Waals surface area contributed by atoms with Crippen LogP contribution in [0.2, 0.25) is 0 Å². The van der Waals surface area contributed by atoms with E-state index in [-0.39, 0.29) is 0 Å². The molecule has 0 radical (unpaired) electrons. The minimum absolute atomic E-state index is 0.464. The summed E-state index contributed by atoms with van der Waals surface area (Å²) in [5.74, 6) is 1.62. The first-order valence-electron chi connectivity index (χ1n) is 8.32. The monoisotopic (exact) mass is 327 g/mol. The molecule has 0 spiro atoms. The molecule has 1 aliphatic heterocycles. The first kappa shape index (κ1) is 16.6. The van der Waals surface area contributed by atoms with E-state index in [9.17, 15) is 0 Å². The molecule has 0 aliphatic carbocycles. The lowest BCUT2D eigenvalue weighted by Crippen LogP contribution is -2.51. The number of rotatable bonds is 5. The molecule has 3 rings (SSSR count). The molecule has 1 saturated heterocycles. The van der Waals surface area contributed by atoms with E-state index in [0.717, 1.165) is 43.4 Å². The fourth-order valence-corrected chi connectivity index (χ4v) is 3.20. The number of nitrogens with zero attached hydrogens (tertiary/aromatic N) is 3. The highest BCUT2D eigenvalue weighted by Gasteiger charge is 2.24. The van der Waals surface area contributed by atoms with Gasteiger partial charge in [0.05, 0.1) is 14.2 Å². The van der Waals surface area contributed by atoms with E-state index in [1.165, 1.54) is 5.69 Å². The predicted molar refractivity (Wildman–Crippen MR) is 95.9 cm³/mol. The van der Waals surface area contributed by atoms with E-state index in [1.807, 2.05) is 18.2 Å². The van der Waals surface area contributed by atoms with Crippen molar-refractivity contribution in [3.05, 3.63) is 48.2 Å². The first-order chi connectivity index (χ1) is 11.7. The van der Waals surface area contributed by atoms with Gasteiger partial charge in [0.15, 0.2) is 0 Å². The van der Waals surface area contributed by atoms with Gasteiger partial charge < -0.3 is 14.4 Å². The third kappa shape index (κ3) is 3.62. The summed E-state index contributed by atoms with van der Waals surface area (Å²) < 4.78 is 10.6. The van der Waals surface area contributed by atoms with E-state index < -0.39 is 0 Å². The van der Waals surface area contributed by atoms with Crippen LogP contribution in [0.4, 0.5) is 5.69 Å². The van der Waals surface area contributed by atoms with Crippen LogP contribution in [0.5, 0.6) is 11.6 Å². The average molecular weight is 327 g/mol. The molecule has 0 N–H and O–H groups in total. The summed E-state index contributed by atoms with van der Waals surface area (Å²) in [6.45, 7) is 6.19. The van der Waals surface area contributed by atoms with Gasteiger partial charge in [-0.1, -0.05) is 6.07 Å². The molecule has 2 heterocycles. The molecule has 1 aromatic heterocycles. The number of hydrogen-bond acceptors (Lipinski definition) is 5. The minimum Gasteiger partial charge on any atom is -0.497 e. The molecule has 0 bridgehead atoms. The third-order valence-corrected chi connectivity index (χ3v) is 4.62. The SMILES string of the molecule is COc1ccc(N2CCN(Cc3cccnc3OC)[C@@H](C)C2)cc1. The van der Waals surface area contributed by atoms with Crippen LogP contribution in [0.15, 0.2) is 42.6 Å². The van der Waals surface area contributed by atoms with Gasteiger partial charge in [-0.2, -0.15) is 0 Å². The smallest absolute Gasteiger partial charge is 0.217 e. The van der Waals surface area contributed by atoms with E-state index in [4.69, 9.17) is 9.47 Å². The van der Waals surface area contributed by atoms with Crippen LogP contribution in [-0.2, 0) is 6.54 Å². The Morgan fingerprint density at radius 3 is 2.54 bits per heavy atom. The molecule has 24 heavy (non-hydrogen) atoms. The fourth-order valence-electron chi connectivity index (χ4n) is 3.20. The summed E-state index contributed by atoms with van der Waals surface area (Å²) in [6, 6.07) is 12.8. The van der Waals surface area contributed by atoms with Crippen molar-refractivity contribution in [3.8, 4) is 11.6 Å². The summed E-state index contributed by atoms with van der Waals surface area (Å²) >= 11 is 0. The van der Waals surface area contributed by atoms with E-state index in [0.29, 0.717) is 6.04 Å². The lowest BCUT2D eigenvalue weighted by atomic mass is 10.1. The topological polar surface area (TPSA) is 37.8 Å². The van der Waals surface area contributed by atoms with E-state index >= 15 is 0 Å². The van der Waals surface area contributed by atoms with Gasteiger partial charge in [0.2, 0.25) is 5.88 Å². The molecule has 0 saturated carbocycles. The van der Waals surface area contributed by atoms with Crippen molar-refractivity contribution in [3.63, 3.8) is 0 Å². The number of benzene rings is 1. The van der Waals surface area contributed by atoms with Gasteiger partial charge in [-0.05, 0) is 37.3 Å². The molecular formula is C19H25N3O2. The van der Waals surface area contributed by atoms with Gasteiger partial charge in [0.1, 0.15) is 5.75 Å². The van der Waals surface area contributed by atoms with Gasteiger partial charge in [0.25, 0.3) is 0 Å². The predicted octanol–water partition coefficient (Wildman–Crippen LogP) is 2.81. The summed E-state index contributed by atoms with van der Waals surface area (Å²) in [6.07, 6.45) is 1.77. The maximum Gasteiger partial charge on any atom is 0.217 e. The molecular weight excluding hydrogens is 302 g/mol. The maximum atomic E-state index is 5.37. The standard InChI is InChI=1S/C19H25N3O2/c1-15-13-22(17-6-8-18(23-2)9-7-17)12-11-21(15)14-16-5-4-10-20-19(16)24-3/h4-10,15H,11-14H2,1-3H3/t15-/m0/s1. The zero-order valence-electron chi connectivity index (χ0n) is 14.6. The number of aromatic nitrogens is 1. The zero-order chi connectivity index (χ0) is 16.9. The molecule has 1 atom stereocenters. The van der Waals surface area contributed by atoms with Crippen LogP contribution in [-0.4, -0.2) is 49.8 Å². The Hall–Kier alpha value is -2.27. The van der Waals surface area contributed by atoms with Crippen LogP contribution >= 0.6 is 0 Å². The minimum atomic E-state index is 0.464. The quantitative estimate of drug-likeness (QED) is 0.844. The average Bonchev–Trinajstić information content (AvgIpc) is 2.64. The Kier molecular flexibility index (Phi) is 5.20. The van der Waals surface area contributed by atoms with Crippen molar-refractivity contribution in [2.45, 2.75) is 19.5 Å². The van der Waals surface area contributed by atoms with E-state index in [1.54, 1.807) is 20.4 Å². The van der Waals surface area contributed by atoms with Crippen molar-refractivity contribution < 1.29 is 9.47 Å². The Bertz CT molecular complexity index is 660. The molecule has 1 aromatic carbocycles. The maximum absolute atomic E-state index is 5.37. The van der Waals surface area contributed by atoms with Gasteiger partial charge in [-0.3, -0.25) is 4.90 Å². The third-order valence-electron chi connectivity index (χ3n) is 4.62. The van der Waals surface area contributed by atoms with Crippen molar-refractivity contribution in [2.24, 2.45) is 0 Å². The van der Waals surface area contributed by atoms with E-state index in [2.05, 4.69) is 39.9 Å². The lowest BCUT2D eigenvalue weighted by Gasteiger charge is -2.41. The van der Waals surface area contributed by atoms with Crippen molar-refractivity contribution in [1.29, 1.82) is 0 Å². The number of ether oxygens (including phenoxy) is 2. The molecule has 0 unspecified atom stereocenters. The molecule has 128 valence electrons. The van der Waals surface area contributed by atoms with Gasteiger partial charge in [-0.25, -0.2) is 4.98 Å². The van der Waals surface area contributed by atoms with Crippen LogP contribution in [0.3, 0.4) is 0 Å². The van der Waals surface area contributed by atoms with Crippen LogP contribution in [0.1, 0.15) is 12.5 Å². The molecule has 1 aliphatic rings. The van der Waals surface area contributed by atoms with Crippen LogP contribution < -0.4 is 14.4 Å². The highest BCUT2D eigenvalue weighted by molar-refractivity contribution is 5.49. The van der Waals surface area contributed by atoms with Crippen molar-refractivity contribution in [1.82, 2.24) is 9.88 Å². The number of piperazine rings is 1. The summed E-state index contributed by atoms with van der Waals surface area (Å²) in [5, 5.41) is 0. The van der Waals surface area contributed by atoms with Crippen molar-refractivity contribution >= 4 is 5.69 Å². The number of pyridine rings is 1.